The fourth-order valence-electron chi connectivity index (χ4n) is 2.01. The molecule has 1 aromatic carbocycles. The smallest absolute Gasteiger partial charge is 0.365 e. The van der Waals surface area contributed by atoms with Crippen LogP contribution in [0.25, 0.3) is 0 Å². The molecule has 1 unspecified atom stereocenters. The lowest BCUT2D eigenvalue weighted by molar-refractivity contribution is -0.265. The molecule has 1 rings (SSSR count). The van der Waals surface area contributed by atoms with Crippen LogP contribution in [0.5, 0.6) is 5.75 Å². The molecular weight excluding hydrogens is 284 g/mol. The van der Waals surface area contributed by atoms with Gasteiger partial charge >= 0.3 is 11.9 Å². The SMILES string of the molecule is CCC(C)(C(=O)OOC(=O)C(C)C)c1cc(C)c(O)c(C)c1. The molecule has 5 nitrogen and oxygen atoms in total. The number of benzene rings is 1. The van der Waals surface area contributed by atoms with Crippen molar-refractivity contribution in [3.05, 3.63) is 28.8 Å². The van der Waals surface area contributed by atoms with E-state index in [1.807, 2.05) is 6.92 Å². The molecule has 22 heavy (non-hydrogen) atoms. The molecular formula is C17H24O5. The topological polar surface area (TPSA) is 72.8 Å². The summed E-state index contributed by atoms with van der Waals surface area (Å²) < 4.78 is 0. The monoisotopic (exact) mass is 308 g/mol. The first-order chi connectivity index (χ1) is 10.1. The number of carbonyl (C=O) groups is 2. The first-order valence-electron chi connectivity index (χ1n) is 7.37. The van der Waals surface area contributed by atoms with Gasteiger partial charge in [-0.15, -0.1) is 0 Å². The van der Waals surface area contributed by atoms with Gasteiger partial charge in [-0.25, -0.2) is 19.4 Å². The molecule has 0 bridgehead atoms. The zero-order valence-corrected chi connectivity index (χ0v) is 14.0. The molecule has 0 aromatic heterocycles. The van der Waals surface area contributed by atoms with Crippen LogP contribution in [0.15, 0.2) is 12.1 Å². The zero-order chi connectivity index (χ0) is 17.1. The van der Waals surface area contributed by atoms with Crippen LogP contribution in [0, 0.1) is 19.8 Å². The second-order valence-corrected chi connectivity index (χ2v) is 6.07. The number of carbonyl (C=O) groups excluding carboxylic acids is 2. The fourth-order valence-corrected chi connectivity index (χ4v) is 2.01. The van der Waals surface area contributed by atoms with Crippen LogP contribution in [0.3, 0.4) is 0 Å². The summed E-state index contributed by atoms with van der Waals surface area (Å²) in [5.74, 6) is -1.39. The highest BCUT2D eigenvalue weighted by atomic mass is 17.2. The van der Waals surface area contributed by atoms with E-state index in [4.69, 9.17) is 4.89 Å². The standard InChI is InChI=1S/C17H24O5/c1-7-17(6,16(20)22-21-15(19)10(2)3)13-8-11(4)14(18)12(5)9-13/h8-10,18H,7H2,1-6H3. The lowest BCUT2D eigenvalue weighted by Crippen LogP contribution is -2.35. The van der Waals surface area contributed by atoms with Crippen LogP contribution < -0.4 is 0 Å². The van der Waals surface area contributed by atoms with E-state index >= 15 is 0 Å². The maximum absolute atomic E-state index is 12.4. The molecule has 0 saturated carbocycles. The Balaban J connectivity index is 3.05. The lowest BCUT2D eigenvalue weighted by Gasteiger charge is -2.26. The molecule has 0 aliphatic heterocycles. The minimum Gasteiger partial charge on any atom is -0.507 e. The van der Waals surface area contributed by atoms with Gasteiger partial charge in [-0.1, -0.05) is 32.9 Å². The number of hydrogen-bond donors (Lipinski definition) is 1. The number of rotatable bonds is 4. The van der Waals surface area contributed by atoms with Crippen LogP contribution in [0.1, 0.15) is 50.8 Å². The molecule has 0 heterocycles. The second-order valence-electron chi connectivity index (χ2n) is 6.07. The van der Waals surface area contributed by atoms with Crippen molar-refractivity contribution in [1.82, 2.24) is 0 Å². The second kappa shape index (κ2) is 6.81. The Morgan fingerprint density at radius 2 is 1.68 bits per heavy atom. The summed E-state index contributed by atoms with van der Waals surface area (Å²) in [6, 6.07) is 3.49. The molecule has 1 atom stereocenters. The van der Waals surface area contributed by atoms with Crippen molar-refractivity contribution in [3.63, 3.8) is 0 Å². The first kappa shape index (κ1) is 18.0. The zero-order valence-electron chi connectivity index (χ0n) is 14.0. The van der Waals surface area contributed by atoms with Crippen molar-refractivity contribution in [2.75, 3.05) is 0 Å². The number of phenolic OH excluding ortho intramolecular Hbond substituents is 1. The Morgan fingerprint density at radius 3 is 2.09 bits per heavy atom. The summed E-state index contributed by atoms with van der Waals surface area (Å²) in [4.78, 5) is 33.1. The van der Waals surface area contributed by atoms with Gasteiger partial charge in [0.2, 0.25) is 0 Å². The van der Waals surface area contributed by atoms with Gasteiger partial charge < -0.3 is 5.11 Å². The van der Waals surface area contributed by atoms with E-state index in [2.05, 4.69) is 4.89 Å². The van der Waals surface area contributed by atoms with E-state index in [1.54, 1.807) is 46.8 Å². The summed E-state index contributed by atoms with van der Waals surface area (Å²) in [5, 5.41) is 9.86. The van der Waals surface area contributed by atoms with E-state index in [1.165, 1.54) is 0 Å². The molecule has 1 aromatic rings. The summed E-state index contributed by atoms with van der Waals surface area (Å²) in [6.45, 7) is 10.4. The normalized spacial score (nSPS) is 13.6. The molecule has 0 saturated heterocycles. The third-order valence-electron chi connectivity index (χ3n) is 3.96. The molecule has 0 aliphatic carbocycles. The number of phenols is 1. The van der Waals surface area contributed by atoms with Gasteiger partial charge in [0.25, 0.3) is 0 Å². The Morgan fingerprint density at radius 1 is 1.18 bits per heavy atom. The van der Waals surface area contributed by atoms with Crippen molar-refractivity contribution in [3.8, 4) is 5.75 Å². The van der Waals surface area contributed by atoms with Gasteiger partial charge in [0, 0.05) is 0 Å². The predicted molar refractivity (Wildman–Crippen MR) is 82.2 cm³/mol. The van der Waals surface area contributed by atoms with Crippen LogP contribution in [0.4, 0.5) is 0 Å². The van der Waals surface area contributed by atoms with Gasteiger partial charge in [0.15, 0.2) is 0 Å². The van der Waals surface area contributed by atoms with Gasteiger partial charge in [0.1, 0.15) is 5.75 Å². The molecule has 122 valence electrons. The summed E-state index contributed by atoms with van der Waals surface area (Å²) >= 11 is 0. The largest absolute Gasteiger partial charge is 0.507 e. The fraction of sp³-hybridized carbons (Fsp3) is 0.529. The van der Waals surface area contributed by atoms with Crippen molar-refractivity contribution in [1.29, 1.82) is 0 Å². The highest BCUT2D eigenvalue weighted by molar-refractivity contribution is 5.83. The van der Waals surface area contributed by atoms with Crippen molar-refractivity contribution in [2.24, 2.45) is 5.92 Å². The number of hydrogen-bond acceptors (Lipinski definition) is 5. The average Bonchev–Trinajstić information content (AvgIpc) is 2.48. The minimum atomic E-state index is -0.958. The summed E-state index contributed by atoms with van der Waals surface area (Å²) in [7, 11) is 0. The van der Waals surface area contributed by atoms with Crippen molar-refractivity contribution in [2.45, 2.75) is 53.4 Å². The highest BCUT2D eigenvalue weighted by Gasteiger charge is 2.37. The van der Waals surface area contributed by atoms with Gasteiger partial charge in [-0.2, -0.15) is 0 Å². The van der Waals surface area contributed by atoms with Crippen LogP contribution in [0.2, 0.25) is 0 Å². The van der Waals surface area contributed by atoms with Gasteiger partial charge in [-0.05, 0) is 43.9 Å². The van der Waals surface area contributed by atoms with Crippen LogP contribution in [-0.4, -0.2) is 17.0 Å². The molecule has 1 N–H and O–H groups in total. The van der Waals surface area contributed by atoms with E-state index in [0.29, 0.717) is 23.1 Å². The first-order valence-corrected chi connectivity index (χ1v) is 7.37. The Kier molecular flexibility index (Phi) is 5.58. The third-order valence-corrected chi connectivity index (χ3v) is 3.96. The predicted octanol–water partition coefficient (Wildman–Crippen LogP) is 3.33. The average molecular weight is 308 g/mol. The van der Waals surface area contributed by atoms with Gasteiger partial charge in [0.05, 0.1) is 11.3 Å². The molecule has 0 fully saturated rings. The van der Waals surface area contributed by atoms with Crippen LogP contribution in [-0.2, 0) is 24.8 Å². The number of aryl methyl sites for hydroxylation is 2. The van der Waals surface area contributed by atoms with E-state index < -0.39 is 17.4 Å². The highest BCUT2D eigenvalue weighted by Crippen LogP contribution is 2.34. The molecule has 0 radical (unpaired) electrons. The quantitative estimate of drug-likeness (QED) is 0.682. The molecule has 0 amide bonds. The van der Waals surface area contributed by atoms with Gasteiger partial charge in [-0.3, -0.25) is 0 Å². The van der Waals surface area contributed by atoms with E-state index in [-0.39, 0.29) is 11.7 Å². The number of aromatic hydroxyl groups is 1. The lowest BCUT2D eigenvalue weighted by atomic mass is 9.79. The van der Waals surface area contributed by atoms with E-state index in [0.717, 1.165) is 0 Å². The van der Waals surface area contributed by atoms with Crippen LogP contribution >= 0.6 is 0 Å². The van der Waals surface area contributed by atoms with Crippen molar-refractivity contribution < 1.29 is 24.5 Å². The maximum atomic E-state index is 12.4. The molecule has 0 aliphatic rings. The summed E-state index contributed by atoms with van der Waals surface area (Å²) in [5.41, 5.74) is 1.12. The Hall–Kier alpha value is -2.04. The third kappa shape index (κ3) is 3.59. The Labute approximate surface area is 131 Å². The van der Waals surface area contributed by atoms with Crippen molar-refractivity contribution >= 4 is 11.9 Å². The molecule has 0 spiro atoms. The van der Waals surface area contributed by atoms with E-state index in [9.17, 15) is 14.7 Å². The Bertz CT molecular complexity index is 553. The maximum Gasteiger partial charge on any atom is 0.365 e. The minimum absolute atomic E-state index is 0.210. The molecule has 5 heteroatoms. The summed E-state index contributed by atoms with van der Waals surface area (Å²) in [6.07, 6.45) is 0.467.